The highest BCUT2D eigenvalue weighted by atomic mass is 32.2. The molecule has 17 heavy (non-hydrogen) atoms. The van der Waals surface area contributed by atoms with Crippen LogP contribution in [0.1, 0.15) is 0 Å². The molecule has 0 saturated carbocycles. The molecule has 94 valence electrons. The molecule has 1 rings (SSSR count). The summed E-state index contributed by atoms with van der Waals surface area (Å²) in [6.07, 6.45) is 1.16. The summed E-state index contributed by atoms with van der Waals surface area (Å²) in [6.45, 7) is 0. The van der Waals surface area contributed by atoms with Crippen LogP contribution in [0.5, 0.6) is 0 Å². The van der Waals surface area contributed by atoms with Crippen LogP contribution in [0.4, 0.5) is 11.4 Å². The Morgan fingerprint density at radius 2 is 2.12 bits per heavy atom. The summed E-state index contributed by atoms with van der Waals surface area (Å²) < 4.78 is 21.8. The molecule has 0 spiro atoms. The van der Waals surface area contributed by atoms with Crippen LogP contribution in [-0.4, -0.2) is 31.1 Å². The van der Waals surface area contributed by atoms with Gasteiger partial charge in [-0.15, -0.1) is 11.8 Å². The number of nitrogen functional groups attached to an aromatic ring is 1. The van der Waals surface area contributed by atoms with E-state index in [1.54, 1.807) is 6.07 Å². The summed E-state index contributed by atoms with van der Waals surface area (Å²) in [5.41, 5.74) is 5.45. The Morgan fingerprint density at radius 1 is 1.47 bits per heavy atom. The number of hydrogen-bond acceptors (Lipinski definition) is 6. The molecule has 1 aromatic carbocycles. The number of nitrogens with two attached hydrogens (primary N) is 1. The monoisotopic (exact) mass is 276 g/mol. The fourth-order valence-electron chi connectivity index (χ4n) is 1.10. The van der Waals surface area contributed by atoms with Crippen LogP contribution in [0.3, 0.4) is 0 Å². The van der Waals surface area contributed by atoms with Crippen molar-refractivity contribution in [3.8, 4) is 0 Å². The molecule has 8 heteroatoms. The molecule has 0 atom stereocenters. The molecule has 1 aromatic rings. The number of anilines is 1. The molecule has 6 nitrogen and oxygen atoms in total. The van der Waals surface area contributed by atoms with Gasteiger partial charge in [0.1, 0.15) is 15.5 Å². The first-order valence-electron chi connectivity index (χ1n) is 4.64. The molecular weight excluding hydrogens is 264 g/mol. The minimum Gasteiger partial charge on any atom is -0.393 e. The number of thioether (sulfide) groups is 1. The Balaban J connectivity index is 2.68. The van der Waals surface area contributed by atoms with Crippen LogP contribution in [0.25, 0.3) is 0 Å². The smallest absolute Gasteiger partial charge is 0.292 e. The molecular formula is C9H12N2O4S2. The van der Waals surface area contributed by atoms with E-state index in [0.29, 0.717) is 5.75 Å². The molecule has 0 aliphatic rings. The first-order valence-corrected chi connectivity index (χ1v) is 7.68. The van der Waals surface area contributed by atoms with E-state index >= 15 is 0 Å². The van der Waals surface area contributed by atoms with Gasteiger partial charge in [-0.25, -0.2) is 8.42 Å². The fourth-order valence-corrected chi connectivity index (χ4v) is 3.25. The van der Waals surface area contributed by atoms with E-state index in [2.05, 4.69) is 0 Å². The van der Waals surface area contributed by atoms with E-state index in [1.165, 1.54) is 23.9 Å². The lowest BCUT2D eigenvalue weighted by Gasteiger charge is -2.02. The first kappa shape index (κ1) is 13.8. The van der Waals surface area contributed by atoms with Crippen LogP contribution in [-0.2, 0) is 9.84 Å². The van der Waals surface area contributed by atoms with Crippen molar-refractivity contribution < 1.29 is 13.3 Å². The van der Waals surface area contributed by atoms with Crippen molar-refractivity contribution in [3.05, 3.63) is 28.3 Å². The van der Waals surface area contributed by atoms with Gasteiger partial charge < -0.3 is 5.73 Å². The second-order valence-electron chi connectivity index (χ2n) is 3.46. The molecule has 0 heterocycles. The van der Waals surface area contributed by atoms with Crippen LogP contribution < -0.4 is 5.73 Å². The molecule has 0 saturated heterocycles. The van der Waals surface area contributed by atoms with Gasteiger partial charge in [0, 0.05) is 23.0 Å². The first-order chi connectivity index (χ1) is 7.79. The zero-order chi connectivity index (χ0) is 13.1. The molecule has 0 unspecified atom stereocenters. The van der Waals surface area contributed by atoms with Gasteiger partial charge in [0.15, 0.2) is 0 Å². The summed E-state index contributed by atoms with van der Waals surface area (Å²) in [6, 6.07) is 4.35. The van der Waals surface area contributed by atoms with Gasteiger partial charge in [0.25, 0.3) is 5.69 Å². The largest absolute Gasteiger partial charge is 0.393 e. The highest BCUT2D eigenvalue weighted by Crippen LogP contribution is 2.27. The number of sulfone groups is 1. The maximum Gasteiger partial charge on any atom is 0.292 e. The van der Waals surface area contributed by atoms with Crippen LogP contribution in [0.15, 0.2) is 23.1 Å². The van der Waals surface area contributed by atoms with E-state index in [-0.39, 0.29) is 17.1 Å². The summed E-state index contributed by atoms with van der Waals surface area (Å²) in [5.74, 6) is 0.463. The van der Waals surface area contributed by atoms with E-state index < -0.39 is 14.8 Å². The second kappa shape index (κ2) is 5.37. The van der Waals surface area contributed by atoms with Crippen molar-refractivity contribution in [1.82, 2.24) is 0 Å². The molecule has 0 aliphatic carbocycles. The van der Waals surface area contributed by atoms with Crippen LogP contribution in [0, 0.1) is 10.1 Å². The molecule has 0 fully saturated rings. The lowest BCUT2D eigenvalue weighted by molar-refractivity contribution is -0.383. The van der Waals surface area contributed by atoms with Crippen LogP contribution >= 0.6 is 11.8 Å². The zero-order valence-corrected chi connectivity index (χ0v) is 10.8. The average Bonchev–Trinajstić information content (AvgIpc) is 2.15. The quantitative estimate of drug-likeness (QED) is 0.376. The molecule has 0 aliphatic heterocycles. The van der Waals surface area contributed by atoms with Crippen molar-refractivity contribution in [2.45, 2.75) is 4.90 Å². The van der Waals surface area contributed by atoms with Gasteiger partial charge in [-0.05, 0) is 12.1 Å². The van der Waals surface area contributed by atoms with Crippen molar-refractivity contribution in [3.63, 3.8) is 0 Å². The third kappa shape index (κ3) is 4.61. The zero-order valence-electron chi connectivity index (χ0n) is 9.12. The highest BCUT2D eigenvalue weighted by Gasteiger charge is 2.11. The molecule has 0 bridgehead atoms. The van der Waals surface area contributed by atoms with Crippen molar-refractivity contribution in [2.75, 3.05) is 23.5 Å². The van der Waals surface area contributed by atoms with Crippen molar-refractivity contribution in [2.24, 2.45) is 0 Å². The molecule has 0 amide bonds. The van der Waals surface area contributed by atoms with Gasteiger partial charge in [-0.3, -0.25) is 10.1 Å². The summed E-state index contributed by atoms with van der Waals surface area (Å²) in [4.78, 5) is 10.7. The predicted molar refractivity (Wildman–Crippen MR) is 67.9 cm³/mol. The second-order valence-corrected chi connectivity index (χ2v) is 6.88. The SMILES string of the molecule is CS(=O)(=O)CCSc1ccc([N+](=O)[O-])c(N)c1. The van der Waals surface area contributed by atoms with Gasteiger partial charge in [0.2, 0.25) is 0 Å². The fraction of sp³-hybridized carbons (Fsp3) is 0.333. The number of nitro benzene ring substituents is 1. The Morgan fingerprint density at radius 3 is 2.59 bits per heavy atom. The number of hydrogen-bond donors (Lipinski definition) is 1. The summed E-state index contributed by atoms with van der Waals surface area (Å²) in [7, 11) is -2.99. The summed E-state index contributed by atoms with van der Waals surface area (Å²) in [5, 5.41) is 10.5. The minimum atomic E-state index is -2.99. The number of rotatable bonds is 5. The standard InChI is InChI=1S/C9H12N2O4S2/c1-17(14,15)5-4-16-7-2-3-9(11(12)13)8(10)6-7/h2-3,6H,4-5,10H2,1H3. The van der Waals surface area contributed by atoms with Gasteiger partial charge in [-0.1, -0.05) is 0 Å². The van der Waals surface area contributed by atoms with E-state index in [9.17, 15) is 18.5 Å². The Bertz CT molecular complexity index is 528. The normalized spacial score (nSPS) is 11.4. The predicted octanol–water partition coefficient (Wildman–Crippen LogP) is 1.31. The molecule has 2 N–H and O–H groups in total. The van der Waals surface area contributed by atoms with Crippen LogP contribution in [0.2, 0.25) is 0 Å². The highest BCUT2D eigenvalue weighted by molar-refractivity contribution is 8.00. The van der Waals surface area contributed by atoms with Gasteiger partial charge >= 0.3 is 0 Å². The average molecular weight is 276 g/mol. The van der Waals surface area contributed by atoms with E-state index in [1.807, 2.05) is 0 Å². The van der Waals surface area contributed by atoms with Crippen molar-refractivity contribution >= 4 is 33.0 Å². The maximum absolute atomic E-state index is 10.9. The van der Waals surface area contributed by atoms with Gasteiger partial charge in [0.05, 0.1) is 10.7 Å². The van der Waals surface area contributed by atoms with Crippen molar-refractivity contribution in [1.29, 1.82) is 0 Å². The minimum absolute atomic E-state index is 0.0640. The third-order valence-corrected chi connectivity index (χ3v) is 4.12. The van der Waals surface area contributed by atoms with Gasteiger partial charge in [-0.2, -0.15) is 0 Å². The molecule has 0 radical (unpaired) electrons. The van der Waals surface area contributed by atoms with E-state index in [4.69, 9.17) is 5.73 Å². The maximum atomic E-state index is 10.9. The third-order valence-electron chi connectivity index (χ3n) is 1.92. The molecule has 0 aromatic heterocycles. The Kier molecular flexibility index (Phi) is 4.35. The lowest BCUT2D eigenvalue weighted by atomic mass is 10.3. The van der Waals surface area contributed by atoms with E-state index in [0.717, 1.165) is 11.2 Å². The number of benzene rings is 1. The lowest BCUT2D eigenvalue weighted by Crippen LogP contribution is -2.05. The summed E-state index contributed by atoms with van der Waals surface area (Å²) >= 11 is 1.30. The Hall–Kier alpha value is -1.28. The number of nitrogens with zero attached hydrogens (tertiary/aromatic N) is 1. The topological polar surface area (TPSA) is 103 Å². The number of nitro groups is 1. The Labute approximate surface area is 103 Å².